The first-order valence-electron chi connectivity index (χ1n) is 6.62. The van der Waals surface area contributed by atoms with Gasteiger partial charge in [-0.1, -0.05) is 12.1 Å². The summed E-state index contributed by atoms with van der Waals surface area (Å²) in [4.78, 5) is 9.04. The van der Waals surface area contributed by atoms with E-state index in [9.17, 15) is 0 Å². The largest absolute Gasteiger partial charge is 0.497 e. The van der Waals surface area contributed by atoms with Crippen molar-refractivity contribution in [2.75, 3.05) is 12.8 Å². The first-order chi connectivity index (χ1) is 9.67. The Labute approximate surface area is 126 Å². The van der Waals surface area contributed by atoms with Crippen molar-refractivity contribution in [2.45, 2.75) is 25.2 Å². The van der Waals surface area contributed by atoms with E-state index in [1.54, 1.807) is 7.11 Å². The van der Waals surface area contributed by atoms with Crippen LogP contribution in [-0.4, -0.2) is 17.1 Å². The van der Waals surface area contributed by atoms with Crippen LogP contribution in [0, 0.1) is 0 Å². The number of ether oxygens (including phenoxy) is 1. The van der Waals surface area contributed by atoms with Gasteiger partial charge in [0.15, 0.2) is 0 Å². The van der Waals surface area contributed by atoms with Gasteiger partial charge in [0.25, 0.3) is 0 Å². The van der Waals surface area contributed by atoms with E-state index >= 15 is 0 Å². The molecule has 1 heterocycles. The Bertz CT molecular complexity index is 641. The van der Waals surface area contributed by atoms with Gasteiger partial charge < -0.3 is 10.5 Å². The molecule has 0 spiro atoms. The minimum atomic E-state index is 0.528. The average Bonchev–Trinajstić information content (AvgIpc) is 3.27. The SMILES string of the molecule is COc1cccc(Cc2nc(N)c(Br)c(C3CC3)n2)c1. The van der Waals surface area contributed by atoms with Gasteiger partial charge in [0.05, 0.1) is 17.3 Å². The molecule has 0 unspecified atom stereocenters. The van der Waals surface area contributed by atoms with E-state index in [2.05, 4.69) is 25.9 Å². The zero-order valence-corrected chi connectivity index (χ0v) is 12.9. The van der Waals surface area contributed by atoms with Gasteiger partial charge in [0.1, 0.15) is 17.4 Å². The minimum absolute atomic E-state index is 0.528. The molecule has 1 saturated carbocycles. The molecule has 0 bridgehead atoms. The second-order valence-electron chi connectivity index (χ2n) is 5.03. The predicted molar refractivity (Wildman–Crippen MR) is 81.9 cm³/mol. The fourth-order valence-corrected chi connectivity index (χ4v) is 2.70. The summed E-state index contributed by atoms with van der Waals surface area (Å²) in [5.74, 6) is 2.68. The highest BCUT2D eigenvalue weighted by Crippen LogP contribution is 2.43. The fraction of sp³-hybridized carbons (Fsp3) is 0.333. The van der Waals surface area contributed by atoms with Gasteiger partial charge in [-0.15, -0.1) is 0 Å². The molecule has 1 aliphatic carbocycles. The maximum absolute atomic E-state index is 5.97. The van der Waals surface area contributed by atoms with Crippen LogP contribution in [0.15, 0.2) is 28.7 Å². The van der Waals surface area contributed by atoms with E-state index in [1.807, 2.05) is 24.3 Å². The van der Waals surface area contributed by atoms with Crippen LogP contribution in [0.3, 0.4) is 0 Å². The van der Waals surface area contributed by atoms with Gasteiger partial charge in [-0.25, -0.2) is 9.97 Å². The molecule has 5 heteroatoms. The third-order valence-electron chi connectivity index (χ3n) is 3.41. The fourth-order valence-electron chi connectivity index (χ4n) is 2.20. The molecule has 1 fully saturated rings. The monoisotopic (exact) mass is 333 g/mol. The van der Waals surface area contributed by atoms with E-state index in [4.69, 9.17) is 10.5 Å². The number of halogens is 1. The maximum atomic E-state index is 5.97. The number of methoxy groups -OCH3 is 1. The van der Waals surface area contributed by atoms with E-state index < -0.39 is 0 Å². The molecular weight excluding hydrogens is 318 g/mol. The molecule has 1 aromatic carbocycles. The summed E-state index contributed by atoms with van der Waals surface area (Å²) >= 11 is 3.49. The Kier molecular flexibility index (Phi) is 3.61. The number of nitrogens with zero attached hydrogens (tertiary/aromatic N) is 2. The number of nitrogens with two attached hydrogens (primary N) is 1. The maximum Gasteiger partial charge on any atom is 0.141 e. The molecule has 0 atom stereocenters. The molecular formula is C15H16BrN3O. The minimum Gasteiger partial charge on any atom is -0.497 e. The number of hydrogen-bond donors (Lipinski definition) is 1. The Morgan fingerprint density at radius 1 is 1.35 bits per heavy atom. The third kappa shape index (κ3) is 2.77. The van der Waals surface area contributed by atoms with Crippen LogP contribution in [0.5, 0.6) is 5.75 Å². The molecule has 0 aliphatic heterocycles. The highest BCUT2D eigenvalue weighted by atomic mass is 79.9. The average molecular weight is 334 g/mol. The Morgan fingerprint density at radius 3 is 2.85 bits per heavy atom. The molecule has 20 heavy (non-hydrogen) atoms. The third-order valence-corrected chi connectivity index (χ3v) is 4.22. The second kappa shape index (κ2) is 5.40. The molecule has 1 aliphatic rings. The van der Waals surface area contributed by atoms with Crippen LogP contribution in [0.1, 0.15) is 35.8 Å². The molecule has 0 saturated heterocycles. The standard InChI is InChI=1S/C15H16BrN3O/c1-20-11-4-2-3-9(7-11)8-12-18-14(10-5-6-10)13(16)15(17)19-12/h2-4,7,10H,5-6,8H2,1H3,(H2,17,18,19). The van der Waals surface area contributed by atoms with Crippen LogP contribution in [-0.2, 0) is 6.42 Å². The number of aromatic nitrogens is 2. The number of anilines is 1. The molecule has 0 radical (unpaired) electrons. The van der Waals surface area contributed by atoms with Crippen molar-refractivity contribution in [3.63, 3.8) is 0 Å². The summed E-state index contributed by atoms with van der Waals surface area (Å²) in [6.45, 7) is 0. The van der Waals surface area contributed by atoms with Gasteiger partial charge in [0.2, 0.25) is 0 Å². The number of benzene rings is 1. The molecule has 104 valence electrons. The van der Waals surface area contributed by atoms with Gasteiger partial charge in [-0.3, -0.25) is 0 Å². The zero-order chi connectivity index (χ0) is 14.1. The van der Waals surface area contributed by atoms with Gasteiger partial charge in [0, 0.05) is 12.3 Å². The highest BCUT2D eigenvalue weighted by Gasteiger charge is 2.29. The lowest BCUT2D eigenvalue weighted by Gasteiger charge is -2.09. The number of nitrogen functional groups attached to an aromatic ring is 1. The van der Waals surface area contributed by atoms with E-state index in [1.165, 1.54) is 12.8 Å². The smallest absolute Gasteiger partial charge is 0.141 e. The van der Waals surface area contributed by atoms with Crippen LogP contribution in [0.4, 0.5) is 5.82 Å². The summed E-state index contributed by atoms with van der Waals surface area (Å²) in [5, 5.41) is 0. The van der Waals surface area contributed by atoms with Crippen molar-refractivity contribution in [3.8, 4) is 5.75 Å². The van der Waals surface area contributed by atoms with Crippen molar-refractivity contribution in [2.24, 2.45) is 0 Å². The molecule has 2 aromatic rings. The topological polar surface area (TPSA) is 61.0 Å². The highest BCUT2D eigenvalue weighted by molar-refractivity contribution is 9.10. The summed E-state index contributed by atoms with van der Waals surface area (Å²) in [6, 6.07) is 7.94. The van der Waals surface area contributed by atoms with E-state index in [0.717, 1.165) is 27.3 Å². The second-order valence-corrected chi connectivity index (χ2v) is 5.82. The van der Waals surface area contributed by atoms with Crippen molar-refractivity contribution >= 4 is 21.7 Å². The molecule has 0 amide bonds. The van der Waals surface area contributed by atoms with Gasteiger partial charge in [-0.05, 0) is 46.5 Å². The normalized spacial score (nSPS) is 14.3. The zero-order valence-electron chi connectivity index (χ0n) is 11.3. The Hall–Kier alpha value is -1.62. The summed E-state index contributed by atoms with van der Waals surface area (Å²) in [5.41, 5.74) is 8.14. The van der Waals surface area contributed by atoms with Crippen molar-refractivity contribution in [1.82, 2.24) is 9.97 Å². The molecule has 2 N–H and O–H groups in total. The van der Waals surface area contributed by atoms with Crippen molar-refractivity contribution in [1.29, 1.82) is 0 Å². The van der Waals surface area contributed by atoms with Crippen LogP contribution in [0.25, 0.3) is 0 Å². The lowest BCUT2D eigenvalue weighted by molar-refractivity contribution is 0.414. The van der Waals surface area contributed by atoms with E-state index in [-0.39, 0.29) is 0 Å². The van der Waals surface area contributed by atoms with Crippen molar-refractivity contribution in [3.05, 3.63) is 45.8 Å². The molecule has 4 nitrogen and oxygen atoms in total. The first-order valence-corrected chi connectivity index (χ1v) is 7.41. The van der Waals surface area contributed by atoms with Gasteiger partial charge >= 0.3 is 0 Å². The summed E-state index contributed by atoms with van der Waals surface area (Å²) in [6.07, 6.45) is 3.04. The lowest BCUT2D eigenvalue weighted by Crippen LogP contribution is -2.05. The Balaban J connectivity index is 1.90. The first kappa shape index (κ1) is 13.4. The Morgan fingerprint density at radius 2 is 2.15 bits per heavy atom. The number of rotatable bonds is 4. The van der Waals surface area contributed by atoms with Crippen LogP contribution >= 0.6 is 15.9 Å². The van der Waals surface area contributed by atoms with E-state index in [0.29, 0.717) is 18.2 Å². The quantitative estimate of drug-likeness (QED) is 0.932. The van der Waals surface area contributed by atoms with Crippen LogP contribution < -0.4 is 10.5 Å². The summed E-state index contributed by atoms with van der Waals surface area (Å²) < 4.78 is 6.09. The molecule has 1 aromatic heterocycles. The predicted octanol–water partition coefficient (Wildman–Crippen LogP) is 3.30. The molecule has 3 rings (SSSR count). The van der Waals surface area contributed by atoms with Gasteiger partial charge in [-0.2, -0.15) is 0 Å². The number of hydrogen-bond acceptors (Lipinski definition) is 4. The lowest BCUT2D eigenvalue weighted by atomic mass is 10.1. The van der Waals surface area contributed by atoms with Crippen LogP contribution in [0.2, 0.25) is 0 Å². The summed E-state index contributed by atoms with van der Waals surface area (Å²) in [7, 11) is 1.67. The van der Waals surface area contributed by atoms with Crippen molar-refractivity contribution < 1.29 is 4.74 Å².